The molecule has 1 N–H and O–H groups in total. The smallest absolute Gasteiger partial charge is 0.340 e. The van der Waals surface area contributed by atoms with Crippen molar-refractivity contribution in [3.05, 3.63) is 97.3 Å². The number of halogens is 3. The summed E-state index contributed by atoms with van der Waals surface area (Å²) < 4.78 is 21.4. The molecule has 3 aromatic rings. The summed E-state index contributed by atoms with van der Waals surface area (Å²) in [6.07, 6.45) is 2.21. The Bertz CT molecular complexity index is 1820. The zero-order valence-electron chi connectivity index (χ0n) is 24.7. The Morgan fingerprint density at radius 2 is 1.89 bits per heavy atom. The molecule has 1 saturated carbocycles. The van der Waals surface area contributed by atoms with Gasteiger partial charge in [0.25, 0.3) is 5.69 Å². The van der Waals surface area contributed by atoms with Crippen molar-refractivity contribution in [2.45, 2.75) is 43.7 Å². The molecular weight excluding hydrogens is 638 g/mol. The first-order valence-corrected chi connectivity index (χ1v) is 15.9. The molecule has 13 heteroatoms. The fourth-order valence-corrected chi connectivity index (χ4v) is 8.15. The van der Waals surface area contributed by atoms with Crippen LogP contribution in [0.2, 0.25) is 10.0 Å². The number of amides is 2. The molecule has 0 bridgehead atoms. The van der Waals surface area contributed by atoms with E-state index in [0.717, 1.165) is 12.8 Å². The number of rotatable bonds is 7. The molecule has 2 amide bonds. The Hall–Kier alpha value is -4.06. The Morgan fingerprint density at radius 1 is 1.13 bits per heavy atom. The van der Waals surface area contributed by atoms with Crippen molar-refractivity contribution in [3.8, 4) is 0 Å². The van der Waals surface area contributed by atoms with Gasteiger partial charge in [-0.25, -0.2) is 9.18 Å². The summed E-state index contributed by atoms with van der Waals surface area (Å²) in [4.78, 5) is 57.4. The molecule has 0 unspecified atom stereocenters. The predicted molar refractivity (Wildman–Crippen MR) is 169 cm³/mol. The van der Waals surface area contributed by atoms with Gasteiger partial charge in [-0.2, -0.15) is 0 Å². The second-order valence-corrected chi connectivity index (χ2v) is 13.0. The quantitative estimate of drug-likeness (QED) is 0.178. The van der Waals surface area contributed by atoms with Crippen LogP contribution in [0.1, 0.15) is 53.6 Å². The van der Waals surface area contributed by atoms with Crippen molar-refractivity contribution in [2.75, 3.05) is 29.9 Å². The highest BCUT2D eigenvalue weighted by Gasteiger charge is 2.70. The van der Waals surface area contributed by atoms with Gasteiger partial charge < -0.3 is 15.0 Å². The molecule has 3 fully saturated rings. The van der Waals surface area contributed by atoms with Crippen molar-refractivity contribution >= 4 is 58.0 Å². The molecule has 10 nitrogen and oxygen atoms in total. The van der Waals surface area contributed by atoms with E-state index < -0.39 is 57.6 Å². The van der Waals surface area contributed by atoms with Crippen molar-refractivity contribution in [1.82, 2.24) is 4.90 Å². The highest BCUT2D eigenvalue weighted by molar-refractivity contribution is 6.31. The number of nitrogens with zero attached hydrogens (tertiary/aromatic N) is 3. The van der Waals surface area contributed by atoms with Crippen molar-refractivity contribution < 1.29 is 28.4 Å². The number of likely N-dealkylation sites (tertiary alicyclic amines) is 1. The van der Waals surface area contributed by atoms with Gasteiger partial charge in [0.05, 0.1) is 28.0 Å². The summed E-state index contributed by atoms with van der Waals surface area (Å²) in [6.45, 7) is 2.14. The number of hydrogen-bond donors (Lipinski definition) is 1. The van der Waals surface area contributed by atoms with E-state index >= 15 is 4.39 Å². The minimum Gasteiger partial charge on any atom is -0.462 e. The highest BCUT2D eigenvalue weighted by Crippen LogP contribution is 2.62. The number of hydrogen-bond acceptors (Lipinski definition) is 7. The maximum atomic E-state index is 16.2. The lowest BCUT2D eigenvalue weighted by Gasteiger charge is -2.40. The number of anilines is 2. The lowest BCUT2D eigenvalue weighted by Crippen LogP contribution is -2.54. The zero-order chi connectivity index (χ0) is 32.5. The third kappa shape index (κ3) is 4.51. The number of para-hydroxylation sites is 1. The van der Waals surface area contributed by atoms with E-state index in [4.69, 9.17) is 27.9 Å². The van der Waals surface area contributed by atoms with Gasteiger partial charge in [-0.1, -0.05) is 47.5 Å². The molecule has 0 radical (unpaired) electrons. The second-order valence-electron chi connectivity index (χ2n) is 12.1. The number of fused-ring (bicyclic) bond motifs is 3. The summed E-state index contributed by atoms with van der Waals surface area (Å²) in [5, 5.41) is 15.5. The van der Waals surface area contributed by atoms with Gasteiger partial charge in [-0.05, 0) is 61.9 Å². The maximum absolute atomic E-state index is 16.2. The lowest BCUT2D eigenvalue weighted by molar-refractivity contribution is -0.384. The van der Waals surface area contributed by atoms with E-state index in [1.165, 1.54) is 35.2 Å². The number of ether oxygens (including phenoxy) is 1. The molecule has 238 valence electrons. The van der Waals surface area contributed by atoms with Gasteiger partial charge in [0, 0.05) is 47.4 Å². The summed E-state index contributed by atoms with van der Waals surface area (Å²) in [5.74, 6) is -4.38. The van der Waals surface area contributed by atoms with Gasteiger partial charge >= 0.3 is 5.97 Å². The normalized spacial score (nSPS) is 25.4. The predicted octanol–water partition coefficient (Wildman–Crippen LogP) is 6.30. The van der Waals surface area contributed by atoms with E-state index in [-0.39, 0.29) is 40.9 Å². The molecule has 3 aromatic carbocycles. The van der Waals surface area contributed by atoms with E-state index in [9.17, 15) is 24.5 Å². The van der Waals surface area contributed by atoms with Gasteiger partial charge in [-0.15, -0.1) is 0 Å². The second kappa shape index (κ2) is 11.3. The number of carbonyl (C=O) groups excluding carboxylic acids is 3. The first-order valence-electron chi connectivity index (χ1n) is 15.2. The lowest BCUT2D eigenvalue weighted by atomic mass is 9.70. The third-order valence-electron chi connectivity index (χ3n) is 9.71. The van der Waals surface area contributed by atoms with Gasteiger partial charge in [0.2, 0.25) is 11.8 Å². The number of nitro groups is 1. The molecule has 3 heterocycles. The van der Waals surface area contributed by atoms with Crippen LogP contribution < -0.4 is 10.2 Å². The van der Waals surface area contributed by atoms with Crippen LogP contribution in [0.15, 0.2) is 54.6 Å². The Kier molecular flexibility index (Phi) is 7.53. The topological polar surface area (TPSA) is 122 Å². The minimum atomic E-state index is -1.51. The van der Waals surface area contributed by atoms with Crippen LogP contribution in [0.3, 0.4) is 0 Å². The van der Waals surface area contributed by atoms with E-state index in [1.807, 2.05) is 0 Å². The highest BCUT2D eigenvalue weighted by atomic mass is 35.5. The molecule has 0 aromatic heterocycles. The average molecular weight is 668 g/mol. The van der Waals surface area contributed by atoms with Crippen LogP contribution in [0.5, 0.6) is 0 Å². The van der Waals surface area contributed by atoms with Gasteiger partial charge in [0.1, 0.15) is 17.0 Å². The van der Waals surface area contributed by atoms with Gasteiger partial charge in [-0.3, -0.25) is 24.6 Å². The molecule has 2 saturated heterocycles. The minimum absolute atomic E-state index is 0.0207. The van der Waals surface area contributed by atoms with Crippen LogP contribution in [-0.2, 0) is 19.9 Å². The van der Waals surface area contributed by atoms with Crippen LogP contribution in [-0.4, -0.2) is 53.3 Å². The van der Waals surface area contributed by atoms with Crippen molar-refractivity contribution in [3.63, 3.8) is 0 Å². The molecule has 1 spiro atoms. The molecule has 3 aliphatic heterocycles. The number of esters is 1. The molecule has 4 atom stereocenters. The molecule has 46 heavy (non-hydrogen) atoms. The SMILES string of the molecule is CCOC(=O)c1cccc([N+](=O)[O-])c1N1CC[C@H]2[C@@H](C1=O)[C@H](c1cccc(Cl)c1F)[C@]1(C(=O)Nc3cc(Cl)ccc31)N2CC1CC1. The van der Waals surface area contributed by atoms with E-state index in [1.54, 1.807) is 31.2 Å². The monoisotopic (exact) mass is 666 g/mol. The Labute approximate surface area is 273 Å². The van der Waals surface area contributed by atoms with Crippen molar-refractivity contribution in [2.24, 2.45) is 11.8 Å². The first kappa shape index (κ1) is 30.6. The van der Waals surface area contributed by atoms with Crippen molar-refractivity contribution in [1.29, 1.82) is 0 Å². The third-order valence-corrected chi connectivity index (χ3v) is 10.2. The number of nitro benzene ring substituents is 1. The van der Waals surface area contributed by atoms with Crippen LogP contribution >= 0.6 is 23.2 Å². The van der Waals surface area contributed by atoms with Crippen LogP contribution in [0, 0.1) is 27.8 Å². The molecule has 4 aliphatic rings. The van der Waals surface area contributed by atoms with Crippen LogP contribution in [0.25, 0.3) is 0 Å². The fourth-order valence-electron chi connectivity index (χ4n) is 7.79. The fraction of sp³-hybridized carbons (Fsp3) is 0.364. The largest absolute Gasteiger partial charge is 0.462 e. The molecular formula is C33H29Cl2FN4O6. The number of piperidine rings is 1. The summed E-state index contributed by atoms with van der Waals surface area (Å²) in [6, 6.07) is 13.0. The summed E-state index contributed by atoms with van der Waals surface area (Å²) in [7, 11) is 0. The average Bonchev–Trinajstić information content (AvgIpc) is 3.74. The van der Waals surface area contributed by atoms with Crippen LogP contribution in [0.4, 0.5) is 21.5 Å². The number of carbonyl (C=O) groups is 3. The Balaban J connectivity index is 1.47. The summed E-state index contributed by atoms with van der Waals surface area (Å²) in [5.41, 5.74) is -1.14. The molecule has 7 rings (SSSR count). The van der Waals surface area contributed by atoms with E-state index in [2.05, 4.69) is 10.2 Å². The standard InChI is InChI=1S/C33H29Cl2FN4O6/c1-2-46-31(42)20-6-4-8-25(40(44)45)29(20)38-14-13-24-26(30(38)41)27(19-5-3-7-22(35)28(19)36)33(39(24)16-17-9-10-17)21-12-11-18(34)15-23(21)37-32(33)43/h3-8,11-12,15,17,24,26-27H,2,9-10,13-14,16H2,1H3,(H,37,43)/t24-,26+,27-,33+/m0/s1. The number of benzene rings is 3. The maximum Gasteiger partial charge on any atom is 0.340 e. The molecule has 1 aliphatic carbocycles. The van der Waals surface area contributed by atoms with Gasteiger partial charge in [0.15, 0.2) is 0 Å². The first-order chi connectivity index (χ1) is 22.1. The zero-order valence-corrected chi connectivity index (χ0v) is 26.2. The Morgan fingerprint density at radius 3 is 2.61 bits per heavy atom. The number of nitrogens with one attached hydrogen (secondary N) is 1. The summed E-state index contributed by atoms with van der Waals surface area (Å²) >= 11 is 12.7. The van der Waals surface area contributed by atoms with E-state index in [0.29, 0.717) is 29.2 Å².